The summed E-state index contributed by atoms with van der Waals surface area (Å²) in [6, 6.07) is 19.1. The molecule has 0 fully saturated rings. The maximum atomic E-state index is 4.79. The summed E-state index contributed by atoms with van der Waals surface area (Å²) in [5.74, 6) is 1.40. The van der Waals surface area contributed by atoms with Crippen LogP contribution in [0.25, 0.3) is 10.9 Å². The van der Waals surface area contributed by atoms with Crippen molar-refractivity contribution in [2.24, 2.45) is 0 Å². The molecule has 2 N–H and O–H groups in total. The van der Waals surface area contributed by atoms with E-state index in [2.05, 4.69) is 56.4 Å². The minimum Gasteiger partial charge on any atom is -0.363 e. The number of hydrogen-bond donors (Lipinski definition) is 2. The number of rotatable bonds is 5. The van der Waals surface area contributed by atoms with Crippen molar-refractivity contribution in [3.8, 4) is 0 Å². The van der Waals surface area contributed by atoms with Crippen molar-refractivity contribution in [3.05, 3.63) is 65.7 Å². The van der Waals surface area contributed by atoms with Crippen molar-refractivity contribution in [1.29, 1.82) is 0 Å². The van der Waals surface area contributed by atoms with Crippen molar-refractivity contribution in [1.82, 2.24) is 25.2 Å². The van der Waals surface area contributed by atoms with E-state index in [4.69, 9.17) is 4.98 Å². The maximum Gasteiger partial charge on any atom is 0.267 e. The van der Waals surface area contributed by atoms with Crippen LogP contribution < -0.4 is 10.6 Å². The van der Waals surface area contributed by atoms with Gasteiger partial charge in [-0.25, -0.2) is 4.98 Å². The third kappa shape index (κ3) is 3.15. The lowest BCUT2D eigenvalue weighted by molar-refractivity contribution is 0.553. The van der Waals surface area contributed by atoms with Crippen molar-refractivity contribution in [2.45, 2.75) is 32.4 Å². The fraction of sp³-hybridized carbons (Fsp3) is 0.238. The number of hydrogen-bond acceptors (Lipinski definition) is 6. The van der Waals surface area contributed by atoms with E-state index in [1.54, 1.807) is 4.80 Å². The first-order chi connectivity index (χ1) is 13.8. The molecule has 0 saturated carbocycles. The van der Waals surface area contributed by atoms with Crippen LogP contribution >= 0.6 is 0 Å². The molecule has 7 nitrogen and oxygen atoms in total. The van der Waals surface area contributed by atoms with E-state index >= 15 is 0 Å². The molecule has 0 aliphatic heterocycles. The Bertz CT molecular complexity index is 1130. The molecule has 5 rings (SSSR count). The molecule has 1 atom stereocenters. The normalized spacial score (nSPS) is 15.5. The van der Waals surface area contributed by atoms with Gasteiger partial charge in [-0.2, -0.15) is 4.80 Å². The SMILES string of the molecule is CCn1nnc(Nc2ccc3nc(N[C@@H]4CCc5ccccc54)ccc3c2)n1. The molecule has 0 bridgehead atoms. The number of aryl methyl sites for hydroxylation is 2. The van der Waals surface area contributed by atoms with Crippen LogP contribution in [0.2, 0.25) is 0 Å². The van der Waals surface area contributed by atoms with Crippen LogP contribution in [-0.2, 0) is 13.0 Å². The van der Waals surface area contributed by atoms with E-state index in [1.807, 2.05) is 31.2 Å². The zero-order valence-corrected chi connectivity index (χ0v) is 15.6. The zero-order chi connectivity index (χ0) is 18.9. The summed E-state index contributed by atoms with van der Waals surface area (Å²) in [4.78, 5) is 6.34. The number of benzene rings is 2. The molecule has 140 valence electrons. The van der Waals surface area contributed by atoms with Crippen molar-refractivity contribution in [3.63, 3.8) is 0 Å². The third-order valence-corrected chi connectivity index (χ3v) is 5.14. The van der Waals surface area contributed by atoms with Crippen LogP contribution in [0.4, 0.5) is 17.5 Å². The van der Waals surface area contributed by atoms with Crippen LogP contribution in [-0.4, -0.2) is 25.2 Å². The van der Waals surface area contributed by atoms with Gasteiger partial charge in [-0.15, -0.1) is 5.10 Å². The van der Waals surface area contributed by atoms with Gasteiger partial charge < -0.3 is 10.6 Å². The highest BCUT2D eigenvalue weighted by molar-refractivity contribution is 5.84. The molecule has 4 aromatic rings. The smallest absolute Gasteiger partial charge is 0.267 e. The lowest BCUT2D eigenvalue weighted by atomic mass is 10.1. The Hall–Kier alpha value is -3.48. The molecule has 0 spiro atoms. The van der Waals surface area contributed by atoms with E-state index in [-0.39, 0.29) is 0 Å². The van der Waals surface area contributed by atoms with Crippen LogP contribution in [0.5, 0.6) is 0 Å². The van der Waals surface area contributed by atoms with Gasteiger partial charge in [0.1, 0.15) is 5.82 Å². The van der Waals surface area contributed by atoms with E-state index in [1.165, 1.54) is 11.1 Å². The van der Waals surface area contributed by atoms with E-state index in [0.29, 0.717) is 18.5 Å². The molecule has 7 heteroatoms. The quantitative estimate of drug-likeness (QED) is 0.550. The summed E-state index contributed by atoms with van der Waals surface area (Å²) >= 11 is 0. The minimum absolute atomic E-state index is 0.328. The molecule has 28 heavy (non-hydrogen) atoms. The van der Waals surface area contributed by atoms with Crippen LogP contribution in [0.3, 0.4) is 0 Å². The second kappa shape index (κ2) is 6.92. The van der Waals surface area contributed by atoms with Gasteiger partial charge >= 0.3 is 0 Å². The number of tetrazole rings is 1. The number of anilines is 3. The summed E-state index contributed by atoms with van der Waals surface area (Å²) in [5.41, 5.74) is 4.68. The van der Waals surface area contributed by atoms with Crippen molar-refractivity contribution < 1.29 is 0 Å². The summed E-state index contributed by atoms with van der Waals surface area (Å²) in [6.45, 7) is 2.67. The van der Waals surface area contributed by atoms with Crippen LogP contribution in [0.1, 0.15) is 30.5 Å². The molecular formula is C21H21N7. The molecular weight excluding hydrogens is 350 g/mol. The predicted molar refractivity (Wildman–Crippen MR) is 110 cm³/mol. The van der Waals surface area contributed by atoms with Crippen LogP contribution in [0.15, 0.2) is 54.6 Å². The van der Waals surface area contributed by atoms with E-state index in [0.717, 1.165) is 35.2 Å². The van der Waals surface area contributed by atoms with E-state index in [9.17, 15) is 0 Å². The first-order valence-electron chi connectivity index (χ1n) is 9.58. The van der Waals surface area contributed by atoms with Gasteiger partial charge in [0.15, 0.2) is 0 Å². The fourth-order valence-electron chi connectivity index (χ4n) is 3.73. The summed E-state index contributed by atoms with van der Waals surface area (Å²) < 4.78 is 0. The zero-order valence-electron chi connectivity index (χ0n) is 15.6. The largest absolute Gasteiger partial charge is 0.363 e. The molecule has 0 unspecified atom stereocenters. The van der Waals surface area contributed by atoms with Gasteiger partial charge in [0.2, 0.25) is 0 Å². The Morgan fingerprint density at radius 3 is 2.93 bits per heavy atom. The topological polar surface area (TPSA) is 80.5 Å². The van der Waals surface area contributed by atoms with Gasteiger partial charge in [0.25, 0.3) is 5.95 Å². The highest BCUT2D eigenvalue weighted by Crippen LogP contribution is 2.33. The summed E-state index contributed by atoms with van der Waals surface area (Å²) in [6.07, 6.45) is 2.22. The van der Waals surface area contributed by atoms with E-state index < -0.39 is 0 Å². The molecule has 0 radical (unpaired) electrons. The highest BCUT2D eigenvalue weighted by Gasteiger charge is 2.21. The molecule has 1 aliphatic rings. The molecule has 1 aliphatic carbocycles. The number of aromatic nitrogens is 5. The Labute approximate surface area is 162 Å². The van der Waals surface area contributed by atoms with Gasteiger partial charge in [0.05, 0.1) is 18.1 Å². The summed E-state index contributed by atoms with van der Waals surface area (Å²) in [7, 11) is 0. The molecule has 0 saturated heterocycles. The monoisotopic (exact) mass is 371 g/mol. The lowest BCUT2D eigenvalue weighted by Crippen LogP contribution is -2.08. The molecule has 2 aromatic carbocycles. The maximum absolute atomic E-state index is 4.79. The Morgan fingerprint density at radius 1 is 1.11 bits per heavy atom. The Kier molecular flexibility index (Phi) is 4.12. The summed E-state index contributed by atoms with van der Waals surface area (Å²) in [5, 5.41) is 20.1. The fourth-order valence-corrected chi connectivity index (χ4v) is 3.73. The predicted octanol–water partition coefficient (Wildman–Crippen LogP) is 4.08. The molecule has 2 heterocycles. The average Bonchev–Trinajstić information content (AvgIpc) is 3.35. The second-order valence-corrected chi connectivity index (χ2v) is 6.96. The number of nitrogens with zero attached hydrogens (tertiary/aromatic N) is 5. The van der Waals surface area contributed by atoms with Gasteiger partial charge in [-0.3, -0.25) is 0 Å². The Balaban J connectivity index is 1.35. The van der Waals surface area contributed by atoms with Crippen molar-refractivity contribution in [2.75, 3.05) is 10.6 Å². The number of fused-ring (bicyclic) bond motifs is 2. The highest BCUT2D eigenvalue weighted by atomic mass is 15.6. The van der Waals surface area contributed by atoms with Gasteiger partial charge in [0, 0.05) is 11.1 Å². The molecule has 0 amide bonds. The standard InChI is InChI=1S/C21H21N7/c1-2-28-26-21(25-27-28)22-16-9-11-18-15(13-16)8-12-20(23-18)24-19-10-7-14-5-3-4-6-17(14)19/h3-6,8-9,11-13,19H,2,7,10H2,1H3,(H,22,26)(H,23,24)/t19-/m1/s1. The second-order valence-electron chi connectivity index (χ2n) is 6.96. The van der Waals surface area contributed by atoms with Gasteiger partial charge in [-0.1, -0.05) is 29.4 Å². The first-order valence-corrected chi connectivity index (χ1v) is 9.58. The molecule has 2 aromatic heterocycles. The number of pyridine rings is 1. The minimum atomic E-state index is 0.328. The Morgan fingerprint density at radius 2 is 2.04 bits per heavy atom. The first kappa shape index (κ1) is 16.7. The van der Waals surface area contributed by atoms with Gasteiger partial charge in [-0.05, 0) is 66.4 Å². The van der Waals surface area contributed by atoms with Crippen LogP contribution in [0, 0.1) is 0 Å². The van der Waals surface area contributed by atoms with Crippen molar-refractivity contribution >= 4 is 28.4 Å². The average molecular weight is 371 g/mol. The lowest BCUT2D eigenvalue weighted by Gasteiger charge is -2.15. The third-order valence-electron chi connectivity index (χ3n) is 5.14. The number of nitrogens with one attached hydrogen (secondary N) is 2.